The highest BCUT2D eigenvalue weighted by Gasteiger charge is 2.26. The number of H-pyrrole nitrogens is 1. The number of rotatable bonds is 2. The van der Waals surface area contributed by atoms with Crippen LogP contribution in [0.3, 0.4) is 0 Å². The summed E-state index contributed by atoms with van der Waals surface area (Å²) in [4.78, 5) is 29.9. The molecule has 7 heteroatoms. The van der Waals surface area contributed by atoms with Crippen molar-refractivity contribution in [1.29, 1.82) is 0 Å². The molecular weight excluding hydrogens is 272 g/mol. The van der Waals surface area contributed by atoms with E-state index in [1.165, 1.54) is 4.68 Å². The van der Waals surface area contributed by atoms with Gasteiger partial charge < -0.3 is 9.64 Å². The van der Waals surface area contributed by atoms with Crippen molar-refractivity contribution in [2.45, 2.75) is 19.9 Å². The summed E-state index contributed by atoms with van der Waals surface area (Å²) < 4.78 is 6.41. The Bertz CT molecular complexity index is 705. The molecule has 3 heterocycles. The molecule has 0 aliphatic carbocycles. The number of ether oxygens (including phenoxy) is 1. The normalized spacial score (nSPS) is 13.9. The SMILES string of the molecule is CCOC(=O)N1CCc2c([nH]n(-c3ccccn3)c2=O)C1. The zero-order valence-corrected chi connectivity index (χ0v) is 11.7. The first-order valence-corrected chi connectivity index (χ1v) is 6.86. The Morgan fingerprint density at radius 2 is 2.33 bits per heavy atom. The van der Waals surface area contributed by atoms with Crippen molar-refractivity contribution in [3.05, 3.63) is 46.0 Å². The Labute approximate surface area is 121 Å². The van der Waals surface area contributed by atoms with Crippen LogP contribution in [0.4, 0.5) is 4.79 Å². The summed E-state index contributed by atoms with van der Waals surface area (Å²) in [6.07, 6.45) is 1.80. The first-order valence-electron chi connectivity index (χ1n) is 6.86. The first kappa shape index (κ1) is 13.4. The lowest BCUT2D eigenvalue weighted by atomic mass is 10.1. The summed E-state index contributed by atoms with van der Waals surface area (Å²) in [6.45, 7) is 2.95. The molecule has 0 fully saturated rings. The van der Waals surface area contributed by atoms with Crippen molar-refractivity contribution >= 4 is 6.09 Å². The van der Waals surface area contributed by atoms with Crippen molar-refractivity contribution in [2.75, 3.05) is 13.2 Å². The molecular formula is C14H16N4O3. The van der Waals surface area contributed by atoms with Gasteiger partial charge in [-0.25, -0.2) is 14.5 Å². The number of hydrogen-bond acceptors (Lipinski definition) is 4. The number of pyridine rings is 1. The smallest absolute Gasteiger partial charge is 0.410 e. The van der Waals surface area contributed by atoms with E-state index in [4.69, 9.17) is 4.74 Å². The van der Waals surface area contributed by atoms with Gasteiger partial charge in [-0.3, -0.25) is 9.89 Å². The lowest BCUT2D eigenvalue weighted by Gasteiger charge is -2.25. The van der Waals surface area contributed by atoms with Gasteiger partial charge in [0.15, 0.2) is 5.82 Å². The topological polar surface area (TPSA) is 80.2 Å². The van der Waals surface area contributed by atoms with Crippen LogP contribution >= 0.6 is 0 Å². The van der Waals surface area contributed by atoms with Crippen molar-refractivity contribution in [3.8, 4) is 5.82 Å². The van der Waals surface area contributed by atoms with Gasteiger partial charge in [0, 0.05) is 18.3 Å². The number of hydrogen-bond donors (Lipinski definition) is 1. The maximum Gasteiger partial charge on any atom is 0.410 e. The van der Waals surface area contributed by atoms with E-state index >= 15 is 0 Å². The summed E-state index contributed by atoms with van der Waals surface area (Å²) in [5.74, 6) is 0.541. The number of nitrogens with one attached hydrogen (secondary N) is 1. The van der Waals surface area contributed by atoms with Crippen LogP contribution in [0.5, 0.6) is 0 Å². The zero-order chi connectivity index (χ0) is 14.8. The minimum Gasteiger partial charge on any atom is -0.450 e. The molecule has 2 aromatic rings. The Kier molecular flexibility index (Phi) is 3.47. The van der Waals surface area contributed by atoms with Gasteiger partial charge in [-0.2, -0.15) is 0 Å². The van der Waals surface area contributed by atoms with Gasteiger partial charge >= 0.3 is 6.09 Å². The largest absolute Gasteiger partial charge is 0.450 e. The van der Waals surface area contributed by atoms with E-state index in [-0.39, 0.29) is 11.7 Å². The highest BCUT2D eigenvalue weighted by Crippen LogP contribution is 2.16. The minimum atomic E-state index is -0.352. The van der Waals surface area contributed by atoms with Crippen molar-refractivity contribution in [3.63, 3.8) is 0 Å². The highest BCUT2D eigenvalue weighted by atomic mass is 16.6. The molecule has 2 aromatic heterocycles. The molecule has 1 aliphatic rings. The van der Waals surface area contributed by atoms with Crippen LogP contribution in [0.15, 0.2) is 29.2 Å². The average Bonchev–Trinajstić information content (AvgIpc) is 2.85. The molecule has 0 saturated heterocycles. The monoisotopic (exact) mass is 288 g/mol. The maximum absolute atomic E-state index is 12.4. The van der Waals surface area contributed by atoms with Gasteiger partial charge in [-0.1, -0.05) is 6.07 Å². The number of aromatic amines is 1. The molecule has 0 aromatic carbocycles. The van der Waals surface area contributed by atoms with Crippen LogP contribution in [0.1, 0.15) is 18.2 Å². The molecule has 0 saturated carbocycles. The molecule has 0 atom stereocenters. The minimum absolute atomic E-state index is 0.104. The molecule has 0 radical (unpaired) electrons. The second-order valence-electron chi connectivity index (χ2n) is 4.77. The van der Waals surface area contributed by atoms with Crippen LogP contribution in [0.25, 0.3) is 5.82 Å². The predicted molar refractivity (Wildman–Crippen MR) is 75.3 cm³/mol. The maximum atomic E-state index is 12.4. The lowest BCUT2D eigenvalue weighted by molar-refractivity contribution is 0.102. The van der Waals surface area contributed by atoms with Crippen molar-refractivity contribution in [2.24, 2.45) is 0 Å². The Morgan fingerprint density at radius 3 is 3.05 bits per heavy atom. The predicted octanol–water partition coefficient (Wildman–Crippen LogP) is 1.08. The molecule has 21 heavy (non-hydrogen) atoms. The standard InChI is InChI=1S/C14H16N4O3/c1-2-21-14(20)17-8-6-10-11(9-17)16-18(13(10)19)12-5-3-4-7-15-12/h3-5,7,16H,2,6,8-9H2,1H3. The molecule has 0 unspecified atom stereocenters. The van der Waals surface area contributed by atoms with Crippen molar-refractivity contribution < 1.29 is 9.53 Å². The first-order chi connectivity index (χ1) is 10.2. The van der Waals surface area contributed by atoms with Gasteiger partial charge in [0.1, 0.15) is 0 Å². The number of amides is 1. The van der Waals surface area contributed by atoms with Gasteiger partial charge in [-0.05, 0) is 25.5 Å². The molecule has 0 spiro atoms. The van der Waals surface area contributed by atoms with Crippen LogP contribution in [-0.4, -0.2) is 38.9 Å². The van der Waals surface area contributed by atoms with Crippen LogP contribution < -0.4 is 5.56 Å². The van der Waals surface area contributed by atoms with Crippen molar-refractivity contribution in [1.82, 2.24) is 19.7 Å². The average molecular weight is 288 g/mol. The number of aromatic nitrogens is 3. The Morgan fingerprint density at radius 1 is 1.48 bits per heavy atom. The van der Waals surface area contributed by atoms with Gasteiger partial charge in [0.2, 0.25) is 0 Å². The van der Waals surface area contributed by atoms with E-state index in [1.807, 2.05) is 6.07 Å². The second kappa shape index (κ2) is 5.43. The van der Waals surface area contributed by atoms with E-state index in [2.05, 4.69) is 10.1 Å². The van der Waals surface area contributed by atoms with Crippen LogP contribution in [-0.2, 0) is 17.7 Å². The van der Waals surface area contributed by atoms with Gasteiger partial charge in [0.25, 0.3) is 5.56 Å². The summed E-state index contributed by atoms with van der Waals surface area (Å²) >= 11 is 0. The summed E-state index contributed by atoms with van der Waals surface area (Å²) in [6, 6.07) is 5.37. The summed E-state index contributed by atoms with van der Waals surface area (Å²) in [5.41, 5.74) is 1.35. The molecule has 1 aliphatic heterocycles. The highest BCUT2D eigenvalue weighted by molar-refractivity contribution is 5.68. The third-order valence-electron chi connectivity index (χ3n) is 3.46. The second-order valence-corrected chi connectivity index (χ2v) is 4.77. The Balaban J connectivity index is 1.91. The molecule has 1 amide bonds. The quantitative estimate of drug-likeness (QED) is 0.896. The lowest BCUT2D eigenvalue weighted by Crippen LogP contribution is -2.37. The fourth-order valence-electron chi connectivity index (χ4n) is 2.44. The van der Waals surface area contributed by atoms with Gasteiger partial charge in [0.05, 0.1) is 18.8 Å². The Hall–Kier alpha value is -2.57. The molecule has 0 bridgehead atoms. The van der Waals surface area contributed by atoms with E-state index in [1.54, 1.807) is 30.2 Å². The fourth-order valence-corrected chi connectivity index (χ4v) is 2.44. The number of fused-ring (bicyclic) bond motifs is 1. The van der Waals surface area contributed by atoms with E-state index < -0.39 is 0 Å². The molecule has 1 N–H and O–H groups in total. The molecule has 7 nitrogen and oxygen atoms in total. The molecule has 110 valence electrons. The number of carbonyl (C=O) groups excluding carboxylic acids is 1. The number of carbonyl (C=O) groups is 1. The third kappa shape index (κ3) is 2.42. The van der Waals surface area contributed by atoms with E-state index in [9.17, 15) is 9.59 Å². The van der Waals surface area contributed by atoms with Crippen LogP contribution in [0.2, 0.25) is 0 Å². The summed E-state index contributed by atoms with van der Waals surface area (Å²) in [5, 5.41) is 3.04. The van der Waals surface area contributed by atoms with E-state index in [0.29, 0.717) is 37.5 Å². The van der Waals surface area contributed by atoms with E-state index in [0.717, 1.165) is 5.69 Å². The number of nitrogens with zero attached hydrogens (tertiary/aromatic N) is 3. The van der Waals surface area contributed by atoms with Gasteiger partial charge in [-0.15, -0.1) is 0 Å². The zero-order valence-electron chi connectivity index (χ0n) is 11.7. The fraction of sp³-hybridized carbons (Fsp3) is 0.357. The summed E-state index contributed by atoms with van der Waals surface area (Å²) in [7, 11) is 0. The molecule has 3 rings (SSSR count). The van der Waals surface area contributed by atoms with Crippen LogP contribution in [0, 0.1) is 0 Å². The third-order valence-corrected chi connectivity index (χ3v) is 3.46.